The van der Waals surface area contributed by atoms with E-state index in [1.165, 1.54) is 11.1 Å². The number of hydrogen-bond donors (Lipinski definition) is 0. The molecule has 4 aromatic heterocycles. The van der Waals surface area contributed by atoms with Gasteiger partial charge >= 0.3 is 0 Å². The second-order valence-electron chi connectivity index (χ2n) is 15.2. The number of hydrogen-bond acceptors (Lipinski definition) is 5. The molecule has 0 fully saturated rings. The van der Waals surface area contributed by atoms with Crippen molar-refractivity contribution >= 4 is 43.6 Å². The Balaban J connectivity index is 1.31. The summed E-state index contributed by atoms with van der Waals surface area (Å²) < 4.78 is 4.64. The van der Waals surface area contributed by atoms with Crippen LogP contribution in [0.25, 0.3) is 100 Å². The van der Waals surface area contributed by atoms with E-state index in [9.17, 15) is 5.26 Å². The number of para-hydroxylation sites is 2. The van der Waals surface area contributed by atoms with Crippen molar-refractivity contribution < 1.29 is 0 Å². The van der Waals surface area contributed by atoms with Gasteiger partial charge in [0.05, 0.1) is 45.1 Å². The molecule has 7 aromatic carbocycles. The van der Waals surface area contributed by atoms with Crippen LogP contribution in [-0.2, 0) is 0 Å². The minimum absolute atomic E-state index is 0.451. The molecule has 11 rings (SSSR count). The van der Waals surface area contributed by atoms with Gasteiger partial charge in [-0.2, -0.15) is 5.26 Å². The number of nitriles is 1. The predicted molar refractivity (Wildman–Crippen MR) is 242 cm³/mol. The molecule has 0 radical (unpaired) electrons. The van der Waals surface area contributed by atoms with Gasteiger partial charge < -0.3 is 9.13 Å². The van der Waals surface area contributed by atoms with Crippen LogP contribution in [0.5, 0.6) is 0 Å². The molecule has 7 heteroatoms. The molecule has 0 aliphatic rings. The van der Waals surface area contributed by atoms with Crippen molar-refractivity contribution in [2.45, 2.75) is 13.8 Å². The standard InChI is InChI=1S/C53H35N7/c1-33-21-23-47-40(27-33)41-28-34(2)22-24-48(41)60(47)50-42(44-32-55-26-25-49(44)59-45-19-11-9-17-38(45)39-18-10-12-20-46(39)59)29-35(31-54)30-43(50)53-57-51(36-13-5-3-6-14-36)56-52(58-53)37-15-7-4-8-16-37/h3-30,32H,1-2H3. The largest absolute Gasteiger partial charge is 0.309 e. The van der Waals surface area contributed by atoms with E-state index in [0.29, 0.717) is 28.6 Å². The lowest BCUT2D eigenvalue weighted by molar-refractivity contribution is 1.06. The van der Waals surface area contributed by atoms with Crippen LogP contribution in [0.2, 0.25) is 0 Å². The second-order valence-corrected chi connectivity index (χ2v) is 15.2. The molecule has 0 spiro atoms. The first-order valence-corrected chi connectivity index (χ1v) is 19.9. The predicted octanol–water partition coefficient (Wildman–Crippen LogP) is 12.6. The van der Waals surface area contributed by atoms with E-state index in [1.54, 1.807) is 0 Å². The zero-order valence-corrected chi connectivity index (χ0v) is 32.9. The summed E-state index contributed by atoms with van der Waals surface area (Å²) in [7, 11) is 0. The molecule has 0 saturated heterocycles. The highest BCUT2D eigenvalue weighted by Gasteiger charge is 2.26. The van der Waals surface area contributed by atoms with Gasteiger partial charge in [0.1, 0.15) is 0 Å². The fourth-order valence-electron chi connectivity index (χ4n) is 8.71. The summed E-state index contributed by atoms with van der Waals surface area (Å²) in [5.74, 6) is 1.53. The van der Waals surface area contributed by atoms with Crippen LogP contribution >= 0.6 is 0 Å². The number of pyridine rings is 1. The molecule has 0 amide bonds. The topological polar surface area (TPSA) is 85.2 Å². The highest BCUT2D eigenvalue weighted by molar-refractivity contribution is 6.12. The average molecular weight is 770 g/mol. The van der Waals surface area contributed by atoms with Crippen LogP contribution in [0, 0.1) is 25.2 Å². The number of aryl methyl sites for hydroxylation is 2. The van der Waals surface area contributed by atoms with Gasteiger partial charge in [0, 0.05) is 61.8 Å². The van der Waals surface area contributed by atoms with Gasteiger partial charge in [-0.05, 0) is 68.4 Å². The maximum atomic E-state index is 10.9. The number of rotatable bonds is 6. The third-order valence-corrected chi connectivity index (χ3v) is 11.4. The summed E-state index contributed by atoms with van der Waals surface area (Å²) in [5, 5.41) is 15.5. The first-order valence-electron chi connectivity index (χ1n) is 19.9. The van der Waals surface area contributed by atoms with E-state index in [0.717, 1.165) is 77.2 Å². The summed E-state index contributed by atoms with van der Waals surface area (Å²) in [6.45, 7) is 4.26. The minimum Gasteiger partial charge on any atom is -0.309 e. The van der Waals surface area contributed by atoms with Crippen molar-refractivity contribution in [2.75, 3.05) is 0 Å². The Morgan fingerprint density at radius 1 is 0.450 bits per heavy atom. The number of nitrogens with zero attached hydrogens (tertiary/aromatic N) is 7. The van der Waals surface area contributed by atoms with Crippen LogP contribution in [0.4, 0.5) is 0 Å². The van der Waals surface area contributed by atoms with Gasteiger partial charge in [-0.15, -0.1) is 0 Å². The monoisotopic (exact) mass is 769 g/mol. The van der Waals surface area contributed by atoms with E-state index >= 15 is 0 Å². The maximum absolute atomic E-state index is 10.9. The van der Waals surface area contributed by atoms with E-state index in [2.05, 4.69) is 120 Å². The van der Waals surface area contributed by atoms with Crippen LogP contribution in [0.15, 0.2) is 176 Å². The van der Waals surface area contributed by atoms with E-state index in [-0.39, 0.29) is 0 Å². The summed E-state index contributed by atoms with van der Waals surface area (Å²) >= 11 is 0. The number of aromatic nitrogens is 6. The molecule has 0 N–H and O–H groups in total. The highest BCUT2D eigenvalue weighted by atomic mass is 15.1. The van der Waals surface area contributed by atoms with Gasteiger partial charge in [-0.3, -0.25) is 4.98 Å². The first-order chi connectivity index (χ1) is 29.5. The smallest absolute Gasteiger partial charge is 0.166 e. The van der Waals surface area contributed by atoms with Crippen molar-refractivity contribution in [2.24, 2.45) is 0 Å². The molecule has 11 aromatic rings. The van der Waals surface area contributed by atoms with Crippen molar-refractivity contribution in [1.82, 2.24) is 29.1 Å². The van der Waals surface area contributed by atoms with Crippen LogP contribution in [-0.4, -0.2) is 29.1 Å². The highest BCUT2D eigenvalue weighted by Crippen LogP contribution is 2.45. The Bertz CT molecular complexity index is 3350. The lowest BCUT2D eigenvalue weighted by Crippen LogP contribution is -2.07. The number of benzene rings is 7. The minimum atomic E-state index is 0.451. The molecule has 60 heavy (non-hydrogen) atoms. The lowest BCUT2D eigenvalue weighted by Gasteiger charge is -2.21. The summed E-state index contributed by atoms with van der Waals surface area (Å²) in [6, 6.07) is 58.7. The normalized spacial score (nSPS) is 11.5. The van der Waals surface area contributed by atoms with Crippen LogP contribution in [0.3, 0.4) is 0 Å². The molecule has 7 nitrogen and oxygen atoms in total. The average Bonchev–Trinajstić information content (AvgIpc) is 3.80. The molecule has 0 bridgehead atoms. The summed E-state index contributed by atoms with van der Waals surface area (Å²) in [6.07, 6.45) is 3.76. The van der Waals surface area contributed by atoms with Crippen LogP contribution in [0.1, 0.15) is 16.7 Å². The molecular weight excluding hydrogens is 735 g/mol. The first kappa shape index (κ1) is 35.0. The maximum Gasteiger partial charge on any atom is 0.166 e. The Hall–Kier alpha value is -8.21. The second kappa shape index (κ2) is 14.0. The Labute approximate surface area is 346 Å². The van der Waals surface area contributed by atoms with E-state index < -0.39 is 0 Å². The Morgan fingerprint density at radius 3 is 1.52 bits per heavy atom. The summed E-state index contributed by atoms with van der Waals surface area (Å²) in [5.41, 5.74) is 12.9. The Morgan fingerprint density at radius 2 is 0.950 bits per heavy atom. The SMILES string of the molecule is Cc1ccc2c(c1)c1cc(C)ccc1n2-c1c(-c2nc(-c3ccccc3)nc(-c3ccccc3)n2)cc(C#N)cc1-c1cnccc1-n1c2ccccc2c2ccccc21. The molecule has 4 heterocycles. The molecule has 0 aliphatic carbocycles. The summed E-state index contributed by atoms with van der Waals surface area (Å²) in [4.78, 5) is 20.3. The van der Waals surface area contributed by atoms with Gasteiger partial charge in [-0.25, -0.2) is 15.0 Å². The lowest BCUT2D eigenvalue weighted by atomic mass is 9.95. The zero-order valence-electron chi connectivity index (χ0n) is 32.9. The van der Waals surface area contributed by atoms with Gasteiger partial charge in [-0.1, -0.05) is 120 Å². The molecule has 0 atom stereocenters. The van der Waals surface area contributed by atoms with E-state index in [1.807, 2.05) is 85.2 Å². The molecule has 282 valence electrons. The van der Waals surface area contributed by atoms with Crippen molar-refractivity contribution in [1.29, 1.82) is 5.26 Å². The van der Waals surface area contributed by atoms with Gasteiger partial charge in [0.15, 0.2) is 17.5 Å². The van der Waals surface area contributed by atoms with Crippen molar-refractivity contribution in [3.05, 3.63) is 193 Å². The zero-order chi connectivity index (χ0) is 40.3. The fraction of sp³-hybridized carbons (Fsp3) is 0.0377. The van der Waals surface area contributed by atoms with Gasteiger partial charge in [0.2, 0.25) is 0 Å². The van der Waals surface area contributed by atoms with Gasteiger partial charge in [0.25, 0.3) is 0 Å². The van der Waals surface area contributed by atoms with Crippen molar-refractivity contribution in [3.63, 3.8) is 0 Å². The third-order valence-electron chi connectivity index (χ3n) is 11.4. The number of fused-ring (bicyclic) bond motifs is 6. The molecular formula is C53H35N7. The van der Waals surface area contributed by atoms with Crippen LogP contribution < -0.4 is 0 Å². The fourth-order valence-corrected chi connectivity index (χ4v) is 8.71. The molecule has 0 saturated carbocycles. The van der Waals surface area contributed by atoms with Crippen molar-refractivity contribution in [3.8, 4) is 62.7 Å². The molecule has 0 unspecified atom stereocenters. The quantitative estimate of drug-likeness (QED) is 0.168. The van der Waals surface area contributed by atoms with E-state index in [4.69, 9.17) is 19.9 Å². The third kappa shape index (κ3) is 5.65. The Kier molecular flexibility index (Phi) is 8.17. The molecule has 0 aliphatic heterocycles.